The Morgan fingerprint density at radius 3 is 2.05 bits per heavy atom. The summed E-state index contributed by atoms with van der Waals surface area (Å²) in [5.74, 6) is -0.964. The van der Waals surface area contributed by atoms with Crippen molar-refractivity contribution in [3.63, 3.8) is 0 Å². The fraction of sp³-hybridized carbons (Fsp3) is 0.286. The molecule has 8 nitrogen and oxygen atoms in total. The molecular formula is C28H32ClN3O5S. The molecule has 1 atom stereocenters. The molecular weight excluding hydrogens is 526 g/mol. The second-order valence-electron chi connectivity index (χ2n) is 8.85. The largest absolute Gasteiger partial charge is 0.396 e. The third kappa shape index (κ3) is 8.66. The Kier molecular flexibility index (Phi) is 10.8. The molecule has 0 heterocycles. The minimum Gasteiger partial charge on any atom is -0.396 e. The highest BCUT2D eigenvalue weighted by Gasteiger charge is 2.33. The molecule has 3 aromatic rings. The predicted molar refractivity (Wildman–Crippen MR) is 148 cm³/mol. The second-order valence-corrected chi connectivity index (χ2v) is 11.3. The molecule has 2 N–H and O–H groups in total. The lowest BCUT2D eigenvalue weighted by Gasteiger charge is -2.33. The van der Waals surface area contributed by atoms with E-state index >= 15 is 0 Å². The van der Waals surface area contributed by atoms with Crippen LogP contribution in [0.15, 0.2) is 84.9 Å². The Morgan fingerprint density at radius 2 is 1.47 bits per heavy atom. The molecule has 0 aliphatic heterocycles. The molecule has 0 aliphatic rings. The second kappa shape index (κ2) is 14.1. The molecule has 3 rings (SSSR count). The summed E-state index contributed by atoms with van der Waals surface area (Å²) in [6.45, 7) is -0.253. The van der Waals surface area contributed by atoms with Crippen LogP contribution in [-0.2, 0) is 32.7 Å². The summed E-state index contributed by atoms with van der Waals surface area (Å²) in [6, 6.07) is 23.7. The molecule has 2 amide bonds. The highest BCUT2D eigenvalue weighted by molar-refractivity contribution is 7.88. The van der Waals surface area contributed by atoms with Crippen molar-refractivity contribution < 1.29 is 23.1 Å². The molecule has 0 radical (unpaired) electrons. The van der Waals surface area contributed by atoms with E-state index in [-0.39, 0.29) is 26.2 Å². The number of rotatable bonds is 13. The lowest BCUT2D eigenvalue weighted by atomic mass is 10.0. The average molecular weight is 558 g/mol. The smallest absolute Gasteiger partial charge is 0.247 e. The first-order valence-electron chi connectivity index (χ1n) is 12.2. The van der Waals surface area contributed by atoms with Crippen molar-refractivity contribution in [2.45, 2.75) is 25.6 Å². The van der Waals surface area contributed by atoms with Gasteiger partial charge in [-0.15, -0.1) is 0 Å². The van der Waals surface area contributed by atoms with Gasteiger partial charge in [0.05, 0.1) is 12.8 Å². The van der Waals surface area contributed by atoms with Crippen LogP contribution in [0.3, 0.4) is 0 Å². The van der Waals surface area contributed by atoms with Crippen molar-refractivity contribution in [3.05, 3.63) is 107 Å². The van der Waals surface area contributed by atoms with Gasteiger partial charge in [-0.3, -0.25) is 9.59 Å². The van der Waals surface area contributed by atoms with E-state index in [9.17, 15) is 18.0 Å². The lowest BCUT2D eigenvalue weighted by molar-refractivity contribution is -0.141. The third-order valence-corrected chi connectivity index (χ3v) is 7.33. The number of amides is 2. The summed E-state index contributed by atoms with van der Waals surface area (Å²) in [4.78, 5) is 28.7. The molecule has 0 saturated carbocycles. The van der Waals surface area contributed by atoms with E-state index in [1.54, 1.807) is 78.9 Å². The molecule has 0 aliphatic carbocycles. The van der Waals surface area contributed by atoms with Gasteiger partial charge in [-0.05, 0) is 35.2 Å². The zero-order chi connectivity index (χ0) is 27.5. The Labute approximate surface area is 228 Å². The number of nitrogens with one attached hydrogen (secondary N) is 1. The van der Waals surface area contributed by atoms with Crippen LogP contribution in [-0.4, -0.2) is 60.5 Å². The Bertz CT molecular complexity index is 1290. The maximum atomic E-state index is 13.9. The molecule has 0 bridgehead atoms. The van der Waals surface area contributed by atoms with E-state index in [1.165, 1.54) is 4.90 Å². The maximum Gasteiger partial charge on any atom is 0.247 e. The number of halogens is 1. The summed E-state index contributed by atoms with van der Waals surface area (Å²) < 4.78 is 26.5. The van der Waals surface area contributed by atoms with Gasteiger partial charge in [0.1, 0.15) is 6.04 Å². The minimum absolute atomic E-state index is 0.0128. The first-order valence-corrected chi connectivity index (χ1v) is 14.4. The van der Waals surface area contributed by atoms with Gasteiger partial charge < -0.3 is 15.3 Å². The fourth-order valence-corrected chi connectivity index (χ4v) is 4.78. The fourth-order valence-electron chi connectivity index (χ4n) is 3.92. The van der Waals surface area contributed by atoms with E-state index in [1.807, 2.05) is 6.07 Å². The molecule has 10 heteroatoms. The minimum atomic E-state index is -3.76. The van der Waals surface area contributed by atoms with Crippen molar-refractivity contribution in [1.82, 2.24) is 14.5 Å². The number of aliphatic hydroxyl groups excluding tert-OH is 1. The van der Waals surface area contributed by atoms with Crippen LogP contribution < -0.4 is 5.32 Å². The van der Waals surface area contributed by atoms with Gasteiger partial charge in [0, 0.05) is 31.3 Å². The first-order chi connectivity index (χ1) is 18.2. The highest BCUT2D eigenvalue weighted by Crippen LogP contribution is 2.25. The molecule has 1 unspecified atom stereocenters. The van der Waals surface area contributed by atoms with E-state index in [0.717, 1.165) is 21.7 Å². The quantitative estimate of drug-likeness (QED) is 0.313. The topological polar surface area (TPSA) is 107 Å². The average Bonchev–Trinajstić information content (AvgIpc) is 2.90. The van der Waals surface area contributed by atoms with Gasteiger partial charge in [0.2, 0.25) is 21.8 Å². The van der Waals surface area contributed by atoms with Crippen LogP contribution in [0, 0.1) is 0 Å². The summed E-state index contributed by atoms with van der Waals surface area (Å²) in [5, 5.41) is 12.5. The van der Waals surface area contributed by atoms with Gasteiger partial charge in [0.15, 0.2) is 0 Å². The van der Waals surface area contributed by atoms with Gasteiger partial charge in [-0.2, -0.15) is 4.31 Å². The third-order valence-electron chi connectivity index (χ3n) is 5.88. The van der Waals surface area contributed by atoms with Gasteiger partial charge in [0.25, 0.3) is 0 Å². The van der Waals surface area contributed by atoms with Crippen LogP contribution in [0.1, 0.15) is 29.2 Å². The summed E-state index contributed by atoms with van der Waals surface area (Å²) in [7, 11) is -3.76. The van der Waals surface area contributed by atoms with Crippen molar-refractivity contribution in [2.75, 3.05) is 26.0 Å². The number of benzene rings is 3. The normalized spacial score (nSPS) is 12.2. The number of carbonyl (C=O) groups excluding carboxylic acids is 2. The monoisotopic (exact) mass is 557 g/mol. The van der Waals surface area contributed by atoms with Crippen molar-refractivity contribution >= 4 is 33.4 Å². The molecule has 3 aromatic carbocycles. The Balaban J connectivity index is 1.99. The Hall–Kier alpha value is -3.24. The van der Waals surface area contributed by atoms with E-state index < -0.39 is 34.4 Å². The van der Waals surface area contributed by atoms with Crippen LogP contribution in [0.4, 0.5) is 0 Å². The summed E-state index contributed by atoms with van der Waals surface area (Å²) in [6.07, 6.45) is 1.42. The van der Waals surface area contributed by atoms with Crippen molar-refractivity contribution in [2.24, 2.45) is 0 Å². The molecule has 0 spiro atoms. The zero-order valence-corrected chi connectivity index (χ0v) is 22.7. The number of nitrogens with zero attached hydrogens (tertiary/aromatic N) is 2. The molecule has 0 saturated heterocycles. The predicted octanol–water partition coefficient (Wildman–Crippen LogP) is 3.37. The number of sulfonamides is 1. The number of hydrogen-bond acceptors (Lipinski definition) is 5. The SMILES string of the molecule is CS(=O)(=O)N(CC(=O)N(Cc1ccc(Cl)cc1)C(C(=O)NCCCO)c1ccccc1)Cc1ccccc1. The van der Waals surface area contributed by atoms with Crippen LogP contribution in [0.25, 0.3) is 0 Å². The van der Waals surface area contributed by atoms with Gasteiger partial charge >= 0.3 is 0 Å². The van der Waals surface area contributed by atoms with E-state index in [4.69, 9.17) is 16.7 Å². The number of hydrogen-bond donors (Lipinski definition) is 2. The van der Waals surface area contributed by atoms with Crippen LogP contribution >= 0.6 is 11.6 Å². The molecule has 0 aromatic heterocycles. The number of aliphatic hydroxyl groups is 1. The molecule has 0 fully saturated rings. The van der Waals surface area contributed by atoms with Gasteiger partial charge in [-0.25, -0.2) is 8.42 Å². The first kappa shape index (κ1) is 29.3. The van der Waals surface area contributed by atoms with E-state index in [2.05, 4.69) is 5.32 Å². The van der Waals surface area contributed by atoms with E-state index in [0.29, 0.717) is 17.0 Å². The standard InChI is InChI=1S/C28H32ClN3O5S/c1-38(36,37)31(19-22-9-4-2-5-10-22)21-26(34)32(20-23-13-15-25(29)16-14-23)27(24-11-6-3-7-12-24)28(35)30-17-8-18-33/h2-7,9-16,27,33H,8,17-21H2,1H3,(H,30,35). The van der Waals surface area contributed by atoms with Crippen LogP contribution in [0.5, 0.6) is 0 Å². The summed E-state index contributed by atoms with van der Waals surface area (Å²) >= 11 is 6.05. The number of carbonyl (C=O) groups is 2. The highest BCUT2D eigenvalue weighted by atomic mass is 35.5. The van der Waals surface area contributed by atoms with Crippen molar-refractivity contribution in [1.29, 1.82) is 0 Å². The molecule has 202 valence electrons. The summed E-state index contributed by atoms with van der Waals surface area (Å²) in [5.41, 5.74) is 2.03. The zero-order valence-electron chi connectivity index (χ0n) is 21.2. The van der Waals surface area contributed by atoms with Crippen molar-refractivity contribution in [3.8, 4) is 0 Å². The van der Waals surface area contributed by atoms with Crippen LogP contribution in [0.2, 0.25) is 5.02 Å². The molecule has 38 heavy (non-hydrogen) atoms. The van der Waals surface area contributed by atoms with Gasteiger partial charge in [-0.1, -0.05) is 84.4 Å². The maximum absolute atomic E-state index is 13.9. The lowest BCUT2D eigenvalue weighted by Crippen LogP contribution is -2.48. The Morgan fingerprint density at radius 1 is 0.895 bits per heavy atom.